The number of carbonyl (C=O) groups is 2. The zero-order chi connectivity index (χ0) is 30.4. The fraction of sp³-hybridized carbons (Fsp3) is 0.375. The second kappa shape index (κ2) is 13.4. The Kier molecular flexibility index (Phi) is 9.93. The predicted molar refractivity (Wildman–Crippen MR) is 159 cm³/mol. The van der Waals surface area contributed by atoms with Gasteiger partial charge >= 0.3 is 5.97 Å². The Balaban J connectivity index is 1.73. The first-order valence-electron chi connectivity index (χ1n) is 13.9. The fourth-order valence-electron chi connectivity index (χ4n) is 5.09. The van der Waals surface area contributed by atoms with E-state index in [9.17, 15) is 18.4 Å². The Morgan fingerprint density at radius 1 is 1.12 bits per heavy atom. The van der Waals surface area contributed by atoms with Crippen molar-refractivity contribution in [3.05, 3.63) is 81.9 Å². The van der Waals surface area contributed by atoms with Crippen LogP contribution >= 0.6 is 11.6 Å². The van der Waals surface area contributed by atoms with Crippen LogP contribution in [0.3, 0.4) is 0 Å². The van der Waals surface area contributed by atoms with E-state index in [1.54, 1.807) is 35.2 Å². The van der Waals surface area contributed by atoms with Crippen molar-refractivity contribution in [1.29, 1.82) is 0 Å². The molecule has 7 nitrogen and oxygen atoms in total. The number of hydrogen-bond donors (Lipinski definition) is 2. The quantitative estimate of drug-likeness (QED) is 0.199. The van der Waals surface area contributed by atoms with E-state index in [0.29, 0.717) is 53.7 Å². The highest BCUT2D eigenvalue weighted by atomic mass is 35.5. The van der Waals surface area contributed by atoms with Crippen molar-refractivity contribution >= 4 is 34.9 Å². The molecular formula is C32H35ClF2N2O5. The molecule has 0 radical (unpaired) electrons. The van der Waals surface area contributed by atoms with Gasteiger partial charge in [-0.05, 0) is 54.2 Å². The van der Waals surface area contributed by atoms with Gasteiger partial charge in [-0.15, -0.1) is 0 Å². The summed E-state index contributed by atoms with van der Waals surface area (Å²) in [5.41, 5.74) is 3.32. The van der Waals surface area contributed by atoms with Gasteiger partial charge in [-0.1, -0.05) is 43.1 Å². The minimum atomic E-state index is -3.05. The molecule has 3 aromatic rings. The van der Waals surface area contributed by atoms with E-state index in [4.69, 9.17) is 26.2 Å². The van der Waals surface area contributed by atoms with E-state index in [-0.39, 0.29) is 24.5 Å². The lowest BCUT2D eigenvalue weighted by Crippen LogP contribution is -2.37. The number of nitrogens with one attached hydrogen (secondary N) is 1. The van der Waals surface area contributed by atoms with E-state index in [2.05, 4.69) is 5.32 Å². The number of nitrogens with zero attached hydrogens (tertiary/aromatic N) is 1. The van der Waals surface area contributed by atoms with Gasteiger partial charge in [0.25, 0.3) is 11.8 Å². The van der Waals surface area contributed by atoms with E-state index in [0.717, 1.165) is 30.0 Å². The lowest BCUT2D eigenvalue weighted by atomic mass is 9.95. The van der Waals surface area contributed by atoms with E-state index in [1.807, 2.05) is 19.1 Å². The molecule has 4 rings (SSSR count). The van der Waals surface area contributed by atoms with Crippen molar-refractivity contribution in [1.82, 2.24) is 0 Å². The van der Waals surface area contributed by atoms with Crippen LogP contribution in [0.2, 0.25) is 5.02 Å². The second-order valence-electron chi connectivity index (χ2n) is 10.4. The third-order valence-electron chi connectivity index (χ3n) is 7.17. The molecule has 1 unspecified atom stereocenters. The molecule has 224 valence electrons. The summed E-state index contributed by atoms with van der Waals surface area (Å²) >= 11 is 6.33. The summed E-state index contributed by atoms with van der Waals surface area (Å²) in [5.74, 6) is -3.32. The van der Waals surface area contributed by atoms with Crippen LogP contribution in [0.5, 0.6) is 11.5 Å². The highest BCUT2D eigenvalue weighted by Gasteiger charge is 2.34. The lowest BCUT2D eigenvalue weighted by Gasteiger charge is -2.28. The predicted octanol–water partition coefficient (Wildman–Crippen LogP) is 7.40. The summed E-state index contributed by atoms with van der Waals surface area (Å²) in [6.07, 6.45) is 2.36. The van der Waals surface area contributed by atoms with Crippen molar-refractivity contribution in [3.8, 4) is 11.5 Å². The molecule has 1 aliphatic rings. The molecule has 10 heteroatoms. The number of aryl methyl sites for hydroxylation is 1. The molecule has 42 heavy (non-hydrogen) atoms. The molecule has 0 spiro atoms. The number of carbonyl (C=O) groups excluding carboxylic acids is 1. The van der Waals surface area contributed by atoms with Crippen LogP contribution in [-0.2, 0) is 28.4 Å². The lowest BCUT2D eigenvalue weighted by molar-refractivity contribution is -0.137. The summed E-state index contributed by atoms with van der Waals surface area (Å²) in [6, 6.07) is 14.1. The maximum absolute atomic E-state index is 14.4. The highest BCUT2D eigenvalue weighted by Crippen LogP contribution is 2.38. The molecule has 2 N–H and O–H groups in total. The van der Waals surface area contributed by atoms with Gasteiger partial charge in [-0.3, -0.25) is 9.59 Å². The summed E-state index contributed by atoms with van der Waals surface area (Å²) in [5, 5.41) is 12.8. The summed E-state index contributed by atoms with van der Waals surface area (Å²) in [7, 11) is 1.51. The maximum Gasteiger partial charge on any atom is 0.303 e. The molecule has 0 fully saturated rings. The molecule has 1 heterocycles. The third-order valence-corrected chi connectivity index (χ3v) is 7.40. The van der Waals surface area contributed by atoms with Gasteiger partial charge in [0.15, 0.2) is 0 Å². The van der Waals surface area contributed by atoms with Crippen LogP contribution in [0, 0.1) is 0 Å². The standard InChI is InChI=1S/C32H35ClF2N2O5/c1-4-6-21-15-23(33)10-11-27(21)30(31(40)37-13-12-20-8-9-22(16-28(20)37)32(2,34)35)36-24-17-25(41-3)19-26(18-24)42-14-5-7-29(38)39/h8-11,15-19,30,36H,4-7,12-14H2,1-3H3,(H,38,39). The Hall–Kier alpha value is -3.85. The first-order chi connectivity index (χ1) is 20.0. The molecule has 1 amide bonds. The summed E-state index contributed by atoms with van der Waals surface area (Å²) < 4.78 is 39.7. The minimum absolute atomic E-state index is 0.0224. The number of fused-ring (bicyclic) bond motifs is 1. The van der Waals surface area contributed by atoms with Gasteiger partial charge in [0.1, 0.15) is 17.5 Å². The largest absolute Gasteiger partial charge is 0.497 e. The SMILES string of the molecule is CCCc1cc(Cl)ccc1C(Nc1cc(OC)cc(OCCCC(=O)O)c1)C(=O)N1CCc2ccc(C(C)(F)F)cc21. The van der Waals surface area contributed by atoms with Crippen LogP contribution in [0.1, 0.15) is 61.4 Å². The van der Waals surface area contributed by atoms with E-state index < -0.39 is 17.9 Å². The molecule has 1 atom stereocenters. The van der Waals surface area contributed by atoms with Crippen molar-refractivity contribution in [2.75, 3.05) is 30.5 Å². The van der Waals surface area contributed by atoms with Crippen LogP contribution in [0.4, 0.5) is 20.2 Å². The van der Waals surface area contributed by atoms with Gasteiger partial charge in [0.2, 0.25) is 0 Å². The molecule has 0 saturated carbocycles. The first-order valence-corrected chi connectivity index (χ1v) is 14.3. The molecule has 0 aliphatic carbocycles. The van der Waals surface area contributed by atoms with Gasteiger partial charge in [-0.2, -0.15) is 0 Å². The van der Waals surface area contributed by atoms with Gasteiger partial charge < -0.3 is 24.8 Å². The maximum atomic E-state index is 14.4. The van der Waals surface area contributed by atoms with Crippen molar-refractivity contribution in [3.63, 3.8) is 0 Å². The average molecular weight is 601 g/mol. The number of alkyl halides is 2. The second-order valence-corrected chi connectivity index (χ2v) is 10.8. The van der Waals surface area contributed by atoms with E-state index in [1.165, 1.54) is 19.2 Å². The van der Waals surface area contributed by atoms with E-state index >= 15 is 0 Å². The topological polar surface area (TPSA) is 88.1 Å². The third kappa shape index (κ3) is 7.50. The molecular weight excluding hydrogens is 566 g/mol. The number of carboxylic acid groups (broad SMARTS) is 1. The number of amides is 1. The van der Waals surface area contributed by atoms with Crippen LogP contribution in [0.25, 0.3) is 0 Å². The Morgan fingerprint density at radius 2 is 1.88 bits per heavy atom. The van der Waals surface area contributed by atoms with Gasteiger partial charge in [-0.25, -0.2) is 8.78 Å². The molecule has 1 aliphatic heterocycles. The summed E-state index contributed by atoms with van der Waals surface area (Å²) in [6.45, 7) is 3.43. The van der Waals surface area contributed by atoms with Crippen molar-refractivity contribution in [2.24, 2.45) is 0 Å². The number of hydrogen-bond acceptors (Lipinski definition) is 5. The zero-order valence-corrected chi connectivity index (χ0v) is 24.6. The normalized spacial score (nSPS) is 13.4. The van der Waals surface area contributed by atoms with Crippen LogP contribution in [-0.4, -0.2) is 37.2 Å². The van der Waals surface area contributed by atoms with Crippen molar-refractivity contribution < 1.29 is 33.0 Å². The molecule has 3 aromatic carbocycles. The first kappa shape index (κ1) is 31.1. The van der Waals surface area contributed by atoms with Gasteiger partial charge in [0, 0.05) is 60.0 Å². The molecule has 0 bridgehead atoms. The number of carboxylic acids is 1. The number of rotatable bonds is 13. The number of methoxy groups -OCH3 is 1. The highest BCUT2D eigenvalue weighted by molar-refractivity contribution is 6.30. The number of halogens is 3. The monoisotopic (exact) mass is 600 g/mol. The number of benzene rings is 3. The fourth-order valence-corrected chi connectivity index (χ4v) is 5.28. The van der Waals surface area contributed by atoms with Crippen LogP contribution < -0.4 is 19.7 Å². The average Bonchev–Trinajstić information content (AvgIpc) is 3.37. The Labute approximate surface area is 249 Å². The summed E-state index contributed by atoms with van der Waals surface area (Å²) in [4.78, 5) is 26.8. The number of anilines is 2. The Bertz CT molecular complexity index is 1440. The Morgan fingerprint density at radius 3 is 2.57 bits per heavy atom. The number of ether oxygens (including phenoxy) is 2. The minimum Gasteiger partial charge on any atom is -0.497 e. The van der Waals surface area contributed by atoms with Crippen LogP contribution in [0.15, 0.2) is 54.6 Å². The molecule has 0 aromatic heterocycles. The van der Waals surface area contributed by atoms with Gasteiger partial charge in [0.05, 0.1) is 13.7 Å². The zero-order valence-electron chi connectivity index (χ0n) is 23.9. The smallest absolute Gasteiger partial charge is 0.303 e. The molecule has 0 saturated heterocycles. The number of aliphatic carboxylic acids is 1. The van der Waals surface area contributed by atoms with Crippen molar-refractivity contribution in [2.45, 2.75) is 57.9 Å².